The Bertz CT molecular complexity index is 474. The van der Waals surface area contributed by atoms with E-state index in [1.165, 1.54) is 11.2 Å². The van der Waals surface area contributed by atoms with Crippen molar-refractivity contribution in [1.29, 1.82) is 0 Å². The summed E-state index contributed by atoms with van der Waals surface area (Å²) in [6.07, 6.45) is 2.63. The summed E-state index contributed by atoms with van der Waals surface area (Å²) in [5.41, 5.74) is 0. The third-order valence-electron chi connectivity index (χ3n) is 3.17. The van der Waals surface area contributed by atoms with Crippen molar-refractivity contribution in [2.24, 2.45) is 4.99 Å². The molecule has 0 aliphatic carbocycles. The Morgan fingerprint density at radius 2 is 1.73 bits per heavy atom. The maximum Gasteiger partial charge on any atom is 0.243 e. The molecule has 0 rings (SSSR count). The second-order valence-corrected chi connectivity index (χ2v) is 8.13. The molecule has 0 aliphatic heterocycles. The third kappa shape index (κ3) is 10.4. The van der Waals surface area contributed by atoms with Gasteiger partial charge >= 0.3 is 0 Å². The molecule has 0 aromatic rings. The minimum absolute atomic E-state index is 0.0531. The lowest BCUT2D eigenvalue weighted by Crippen LogP contribution is -2.46. The highest BCUT2D eigenvalue weighted by Crippen LogP contribution is 1.97. The number of carbonyl (C=O) groups is 1. The van der Waals surface area contributed by atoms with Crippen molar-refractivity contribution in [2.75, 3.05) is 32.6 Å². The highest BCUT2D eigenvalue weighted by Gasteiger charge is 2.12. The van der Waals surface area contributed by atoms with E-state index in [1.807, 2.05) is 20.8 Å². The zero-order valence-electron chi connectivity index (χ0n) is 14.5. The van der Waals surface area contributed by atoms with Gasteiger partial charge in [-0.3, -0.25) is 4.79 Å². The average Bonchev–Trinajstić information content (AvgIpc) is 2.41. The van der Waals surface area contributed by atoms with Gasteiger partial charge in [0, 0.05) is 32.4 Å². The monoisotopic (exact) mass is 334 g/mol. The fourth-order valence-corrected chi connectivity index (χ4v) is 2.23. The van der Waals surface area contributed by atoms with Crippen LogP contribution >= 0.6 is 0 Å². The van der Waals surface area contributed by atoms with E-state index in [0.717, 1.165) is 6.42 Å². The van der Waals surface area contributed by atoms with Crippen molar-refractivity contribution in [3.8, 4) is 0 Å². The van der Waals surface area contributed by atoms with Crippen LogP contribution in [0.4, 0.5) is 0 Å². The first-order valence-corrected chi connectivity index (χ1v) is 9.56. The van der Waals surface area contributed by atoms with Crippen LogP contribution < -0.4 is 10.6 Å². The first kappa shape index (κ1) is 20.7. The molecule has 7 nitrogen and oxygen atoms in total. The minimum Gasteiger partial charge on any atom is -0.354 e. The molecule has 0 bridgehead atoms. The molecule has 0 radical (unpaired) electrons. The van der Waals surface area contributed by atoms with Gasteiger partial charge < -0.3 is 15.5 Å². The van der Waals surface area contributed by atoms with Gasteiger partial charge in [-0.15, -0.1) is 0 Å². The van der Waals surface area contributed by atoms with Gasteiger partial charge in [-0.1, -0.05) is 6.92 Å². The van der Waals surface area contributed by atoms with Crippen LogP contribution in [-0.4, -0.2) is 69.9 Å². The van der Waals surface area contributed by atoms with Crippen LogP contribution in [0.25, 0.3) is 0 Å². The van der Waals surface area contributed by atoms with Crippen LogP contribution in [0, 0.1) is 0 Å². The molecule has 0 heterocycles. The van der Waals surface area contributed by atoms with Crippen LogP contribution in [0.1, 0.15) is 33.6 Å². The van der Waals surface area contributed by atoms with Crippen molar-refractivity contribution in [3.63, 3.8) is 0 Å². The van der Waals surface area contributed by atoms with Crippen molar-refractivity contribution >= 4 is 21.7 Å². The molecule has 1 amide bonds. The van der Waals surface area contributed by atoms with Gasteiger partial charge in [-0.2, -0.15) is 0 Å². The lowest BCUT2D eigenvalue weighted by Gasteiger charge is -2.21. The molecule has 0 fully saturated rings. The molecule has 130 valence electrons. The van der Waals surface area contributed by atoms with Crippen LogP contribution in [0.5, 0.6) is 0 Å². The van der Waals surface area contributed by atoms with Crippen LogP contribution in [0.15, 0.2) is 4.99 Å². The smallest absolute Gasteiger partial charge is 0.243 e. The molecule has 0 saturated heterocycles. The zero-order valence-corrected chi connectivity index (χ0v) is 15.3. The van der Waals surface area contributed by atoms with Gasteiger partial charge in [-0.05, 0) is 26.7 Å². The Morgan fingerprint density at radius 3 is 2.18 bits per heavy atom. The molecule has 2 unspecified atom stereocenters. The van der Waals surface area contributed by atoms with Crippen LogP contribution in [0.2, 0.25) is 0 Å². The SMILES string of the molecule is CCC(C)NC(=NCC(=O)N(C)C)NC(C)CCS(C)(=O)=O. The summed E-state index contributed by atoms with van der Waals surface area (Å²) in [7, 11) is 0.384. The summed E-state index contributed by atoms with van der Waals surface area (Å²) in [6, 6.07) is 0.155. The second-order valence-electron chi connectivity index (χ2n) is 5.87. The molecule has 0 aromatic heterocycles. The summed E-state index contributed by atoms with van der Waals surface area (Å²) in [4.78, 5) is 17.4. The first-order valence-electron chi connectivity index (χ1n) is 7.50. The van der Waals surface area contributed by atoms with Gasteiger partial charge in [0.2, 0.25) is 5.91 Å². The molecule has 22 heavy (non-hydrogen) atoms. The van der Waals surface area contributed by atoms with E-state index in [-0.39, 0.29) is 30.3 Å². The Kier molecular flexibility index (Phi) is 9.08. The Hall–Kier alpha value is -1.31. The third-order valence-corrected chi connectivity index (χ3v) is 4.15. The molecular formula is C14H30N4O3S. The maximum atomic E-state index is 11.6. The second kappa shape index (κ2) is 9.66. The predicted molar refractivity (Wildman–Crippen MR) is 90.8 cm³/mol. The Morgan fingerprint density at radius 1 is 1.18 bits per heavy atom. The molecule has 8 heteroatoms. The number of nitrogens with zero attached hydrogens (tertiary/aromatic N) is 2. The van der Waals surface area contributed by atoms with Crippen molar-refractivity contribution in [1.82, 2.24) is 15.5 Å². The van der Waals surface area contributed by atoms with Crippen LogP contribution in [0.3, 0.4) is 0 Å². The van der Waals surface area contributed by atoms with Crippen LogP contribution in [-0.2, 0) is 14.6 Å². The molecule has 2 N–H and O–H groups in total. The summed E-state index contributed by atoms with van der Waals surface area (Å²) in [5.74, 6) is 0.564. The standard InChI is InChI=1S/C14H30N4O3S/c1-7-11(2)16-14(15-10-13(19)18(4)5)17-12(3)8-9-22(6,20)21/h11-12H,7-10H2,1-6H3,(H2,15,16,17). The van der Waals surface area contributed by atoms with Crippen molar-refractivity contribution < 1.29 is 13.2 Å². The van der Waals surface area contributed by atoms with E-state index >= 15 is 0 Å². The Balaban J connectivity index is 4.71. The number of hydrogen-bond acceptors (Lipinski definition) is 4. The lowest BCUT2D eigenvalue weighted by atomic mass is 10.2. The van der Waals surface area contributed by atoms with E-state index in [0.29, 0.717) is 12.4 Å². The average molecular weight is 334 g/mol. The van der Waals surface area contributed by atoms with Gasteiger partial charge in [0.1, 0.15) is 16.4 Å². The first-order chi connectivity index (χ1) is 10.0. The number of likely N-dealkylation sites (N-methyl/N-ethyl adjacent to an activating group) is 1. The summed E-state index contributed by atoms with van der Waals surface area (Å²) >= 11 is 0. The molecule has 0 aromatic carbocycles. The summed E-state index contributed by atoms with van der Waals surface area (Å²) < 4.78 is 22.4. The molecule has 0 aliphatic rings. The topological polar surface area (TPSA) is 90.9 Å². The molecule has 2 atom stereocenters. The van der Waals surface area contributed by atoms with E-state index in [9.17, 15) is 13.2 Å². The number of rotatable bonds is 8. The van der Waals surface area contributed by atoms with E-state index in [1.54, 1.807) is 14.1 Å². The van der Waals surface area contributed by atoms with Gasteiger partial charge in [0.15, 0.2) is 5.96 Å². The molecular weight excluding hydrogens is 304 g/mol. The largest absolute Gasteiger partial charge is 0.354 e. The fourth-order valence-electron chi connectivity index (χ4n) is 1.45. The van der Waals surface area contributed by atoms with E-state index in [4.69, 9.17) is 0 Å². The number of guanidine groups is 1. The number of carbonyl (C=O) groups excluding carboxylic acids is 1. The number of aliphatic imine (C=N–C) groups is 1. The summed E-state index contributed by atoms with van der Waals surface area (Å²) in [6.45, 7) is 6.02. The van der Waals surface area contributed by atoms with Gasteiger partial charge in [0.05, 0.1) is 5.75 Å². The van der Waals surface area contributed by atoms with Gasteiger partial charge in [-0.25, -0.2) is 13.4 Å². The highest BCUT2D eigenvalue weighted by atomic mass is 32.2. The Labute approximate surface area is 134 Å². The van der Waals surface area contributed by atoms with E-state index < -0.39 is 9.84 Å². The predicted octanol–water partition coefficient (Wildman–Crippen LogP) is 0.232. The number of hydrogen-bond donors (Lipinski definition) is 2. The number of nitrogens with one attached hydrogen (secondary N) is 2. The fraction of sp³-hybridized carbons (Fsp3) is 0.857. The quantitative estimate of drug-likeness (QED) is 0.490. The normalized spacial score (nSPS) is 15.1. The summed E-state index contributed by atoms with van der Waals surface area (Å²) in [5, 5.41) is 6.36. The van der Waals surface area contributed by atoms with E-state index in [2.05, 4.69) is 15.6 Å². The lowest BCUT2D eigenvalue weighted by molar-refractivity contribution is -0.127. The van der Waals surface area contributed by atoms with Crippen molar-refractivity contribution in [3.05, 3.63) is 0 Å². The molecule has 0 spiro atoms. The zero-order chi connectivity index (χ0) is 17.3. The highest BCUT2D eigenvalue weighted by molar-refractivity contribution is 7.90. The number of amides is 1. The number of sulfone groups is 1. The van der Waals surface area contributed by atoms with Gasteiger partial charge in [0.25, 0.3) is 0 Å². The molecule has 0 saturated carbocycles. The van der Waals surface area contributed by atoms with Crippen molar-refractivity contribution in [2.45, 2.75) is 45.7 Å². The minimum atomic E-state index is -2.98. The maximum absolute atomic E-state index is 11.6.